The van der Waals surface area contributed by atoms with E-state index in [1.54, 1.807) is 28.6 Å². The predicted octanol–water partition coefficient (Wildman–Crippen LogP) is 2.06. The van der Waals surface area contributed by atoms with E-state index in [0.29, 0.717) is 37.8 Å². The molecule has 0 aliphatic carbocycles. The summed E-state index contributed by atoms with van der Waals surface area (Å²) in [5.74, 6) is -0.201. The largest absolute Gasteiger partial charge is 0.444 e. The number of benzene rings is 1. The summed E-state index contributed by atoms with van der Waals surface area (Å²) in [4.78, 5) is 15.2. The summed E-state index contributed by atoms with van der Waals surface area (Å²) < 4.78 is 9.29. The van der Waals surface area contributed by atoms with Crippen molar-refractivity contribution >= 4 is 17.8 Å². The summed E-state index contributed by atoms with van der Waals surface area (Å²) in [5, 5.41) is 19.6. The third-order valence-corrected chi connectivity index (χ3v) is 4.40. The zero-order valence-corrected chi connectivity index (χ0v) is 12.9. The molecule has 0 bridgehead atoms. The van der Waals surface area contributed by atoms with Crippen LogP contribution in [0.25, 0.3) is 0 Å². The first-order valence-electron chi connectivity index (χ1n) is 6.93. The Hall–Kier alpha value is -2.57. The Balaban J connectivity index is 1.67. The molecule has 0 spiro atoms. The lowest BCUT2D eigenvalue weighted by Gasteiger charge is -2.23. The van der Waals surface area contributed by atoms with Crippen molar-refractivity contribution in [1.82, 2.24) is 13.9 Å². The number of nitrogens with zero attached hydrogens (tertiary/aromatic N) is 5. The van der Waals surface area contributed by atoms with Gasteiger partial charge in [-0.15, -0.1) is 0 Å². The van der Waals surface area contributed by atoms with E-state index in [0.717, 1.165) is 4.90 Å². The fourth-order valence-electron chi connectivity index (χ4n) is 2.15. The molecule has 0 unspecified atom stereocenters. The summed E-state index contributed by atoms with van der Waals surface area (Å²) in [5.41, 5.74) is 0.626. The van der Waals surface area contributed by atoms with Gasteiger partial charge < -0.3 is 14.9 Å². The van der Waals surface area contributed by atoms with Crippen LogP contribution in [0.2, 0.25) is 0 Å². The van der Waals surface area contributed by atoms with Crippen molar-refractivity contribution in [1.29, 1.82) is 5.26 Å². The predicted molar refractivity (Wildman–Crippen MR) is 83.0 cm³/mol. The van der Waals surface area contributed by atoms with Crippen LogP contribution in [0.1, 0.15) is 5.56 Å². The van der Waals surface area contributed by atoms with Crippen molar-refractivity contribution in [2.75, 3.05) is 19.7 Å². The molecule has 0 atom stereocenters. The normalized spacial score (nSPS) is 14.9. The molecule has 0 fully saturated rings. The Morgan fingerprint density at radius 3 is 2.78 bits per heavy atom. The third-order valence-electron chi connectivity index (χ3n) is 3.29. The first-order valence-corrected chi connectivity index (χ1v) is 7.70. The zero-order chi connectivity index (χ0) is 16.2. The summed E-state index contributed by atoms with van der Waals surface area (Å²) in [6.45, 7) is 2.33. The molecule has 3 rings (SSSR count). The number of hydrogen-bond acceptors (Lipinski definition) is 7. The van der Waals surface area contributed by atoms with Crippen LogP contribution in [0.5, 0.6) is 6.01 Å². The number of nitro groups is 1. The molecule has 1 aromatic carbocycles. The van der Waals surface area contributed by atoms with Gasteiger partial charge in [-0.3, -0.25) is 4.57 Å². The van der Waals surface area contributed by atoms with Crippen molar-refractivity contribution in [3.63, 3.8) is 0 Å². The topological polar surface area (TPSA) is 97.2 Å². The second-order valence-corrected chi connectivity index (χ2v) is 6.01. The van der Waals surface area contributed by atoms with Gasteiger partial charge in [-0.05, 0) is 41.1 Å². The van der Waals surface area contributed by atoms with Gasteiger partial charge in [0.25, 0.3) is 0 Å². The number of rotatable bonds is 3. The molecule has 0 N–H and O–H groups in total. The number of nitriles is 1. The Morgan fingerprint density at radius 1 is 1.30 bits per heavy atom. The van der Waals surface area contributed by atoms with Crippen LogP contribution in [0.15, 0.2) is 35.4 Å². The van der Waals surface area contributed by atoms with Crippen LogP contribution in [-0.2, 0) is 6.54 Å². The number of aromatic nitrogens is 2. The first kappa shape index (κ1) is 15.3. The van der Waals surface area contributed by atoms with E-state index >= 15 is 0 Å². The molecule has 1 aliphatic rings. The van der Waals surface area contributed by atoms with Gasteiger partial charge >= 0.3 is 11.8 Å². The van der Waals surface area contributed by atoms with E-state index in [4.69, 9.17) is 10.00 Å². The van der Waals surface area contributed by atoms with Crippen molar-refractivity contribution in [3.8, 4) is 12.1 Å². The molecule has 118 valence electrons. The molecular weight excluding hydrogens is 318 g/mol. The van der Waals surface area contributed by atoms with Crippen LogP contribution >= 0.6 is 11.9 Å². The monoisotopic (exact) mass is 331 g/mol. The maximum atomic E-state index is 10.8. The molecule has 2 aromatic rings. The lowest BCUT2D eigenvalue weighted by Crippen LogP contribution is -2.29. The van der Waals surface area contributed by atoms with Crippen LogP contribution in [0.3, 0.4) is 0 Å². The first-order chi connectivity index (χ1) is 11.2. The quantitative estimate of drug-likeness (QED) is 0.482. The highest BCUT2D eigenvalue weighted by molar-refractivity contribution is 7.97. The van der Waals surface area contributed by atoms with Gasteiger partial charge in [-0.25, -0.2) is 4.31 Å². The summed E-state index contributed by atoms with van der Waals surface area (Å²) in [6.07, 6.45) is 1.39. The lowest BCUT2D eigenvalue weighted by atomic mass is 10.2. The van der Waals surface area contributed by atoms with Gasteiger partial charge in [-0.1, -0.05) is 0 Å². The molecule has 0 saturated carbocycles. The zero-order valence-electron chi connectivity index (χ0n) is 12.1. The molecule has 23 heavy (non-hydrogen) atoms. The van der Waals surface area contributed by atoms with Crippen LogP contribution in [-0.4, -0.2) is 38.5 Å². The van der Waals surface area contributed by atoms with E-state index in [2.05, 4.69) is 15.4 Å². The van der Waals surface area contributed by atoms with Crippen LogP contribution in [0, 0.1) is 21.4 Å². The number of hydrogen-bond donors (Lipinski definition) is 0. The number of ether oxygens (including phenoxy) is 1. The van der Waals surface area contributed by atoms with Crippen molar-refractivity contribution in [2.24, 2.45) is 0 Å². The summed E-state index contributed by atoms with van der Waals surface area (Å²) in [7, 11) is 0. The van der Waals surface area contributed by atoms with Crippen molar-refractivity contribution in [2.45, 2.75) is 11.4 Å². The van der Waals surface area contributed by atoms with Gasteiger partial charge in [0.05, 0.1) is 11.6 Å². The maximum Gasteiger partial charge on any atom is 0.414 e. The van der Waals surface area contributed by atoms with Gasteiger partial charge in [-0.2, -0.15) is 5.26 Å². The molecule has 0 saturated heterocycles. The van der Waals surface area contributed by atoms with Crippen molar-refractivity contribution < 1.29 is 9.66 Å². The van der Waals surface area contributed by atoms with E-state index in [1.807, 2.05) is 12.1 Å². The molecule has 2 heterocycles. The van der Waals surface area contributed by atoms with Gasteiger partial charge in [0.15, 0.2) is 0 Å². The van der Waals surface area contributed by atoms with E-state index in [9.17, 15) is 10.1 Å². The van der Waals surface area contributed by atoms with Crippen LogP contribution in [0.4, 0.5) is 5.82 Å². The standard InChI is InChI=1S/C14H13N5O3S/c15-9-11-1-3-12(4-2-11)23-18-6-5-17-10-13(19(20)21)16-14(17)22-8-7-18/h1-4,10H,5-8H2. The Morgan fingerprint density at radius 2 is 2.09 bits per heavy atom. The minimum Gasteiger partial charge on any atom is -0.444 e. The van der Waals surface area contributed by atoms with E-state index in [-0.39, 0.29) is 5.82 Å². The molecule has 8 nitrogen and oxygen atoms in total. The minimum absolute atomic E-state index is 0.201. The molecule has 0 radical (unpaired) electrons. The lowest BCUT2D eigenvalue weighted by molar-refractivity contribution is -0.389. The summed E-state index contributed by atoms with van der Waals surface area (Å²) >= 11 is 1.57. The van der Waals surface area contributed by atoms with E-state index in [1.165, 1.54) is 6.20 Å². The van der Waals surface area contributed by atoms with Gasteiger partial charge in [0, 0.05) is 29.5 Å². The second kappa shape index (κ2) is 6.68. The van der Waals surface area contributed by atoms with E-state index < -0.39 is 4.92 Å². The fourth-order valence-corrected chi connectivity index (χ4v) is 3.04. The number of fused-ring (bicyclic) bond motifs is 1. The number of imidazole rings is 1. The second-order valence-electron chi connectivity index (χ2n) is 4.84. The molecule has 0 amide bonds. The Bertz CT molecular complexity index is 753. The van der Waals surface area contributed by atoms with Crippen molar-refractivity contribution in [3.05, 3.63) is 46.1 Å². The molecule has 1 aromatic heterocycles. The average molecular weight is 331 g/mol. The van der Waals surface area contributed by atoms with Gasteiger partial charge in [0.2, 0.25) is 0 Å². The van der Waals surface area contributed by atoms with Crippen LogP contribution < -0.4 is 4.74 Å². The Labute approximate surface area is 136 Å². The Kier molecular flexibility index (Phi) is 4.45. The SMILES string of the molecule is N#Cc1ccc(SN2CCOc3nc([N+](=O)[O-])cn3CC2)cc1. The highest BCUT2D eigenvalue weighted by Gasteiger charge is 2.23. The maximum absolute atomic E-state index is 10.8. The molecule has 1 aliphatic heterocycles. The average Bonchev–Trinajstić information content (AvgIpc) is 2.93. The molecule has 9 heteroatoms. The van der Waals surface area contributed by atoms with Gasteiger partial charge in [0.1, 0.15) is 12.8 Å². The highest BCUT2D eigenvalue weighted by atomic mass is 32.2. The highest BCUT2D eigenvalue weighted by Crippen LogP contribution is 2.25. The minimum atomic E-state index is -0.523. The third kappa shape index (κ3) is 3.61. The fraction of sp³-hybridized carbons (Fsp3) is 0.286. The smallest absolute Gasteiger partial charge is 0.414 e. The summed E-state index contributed by atoms with van der Waals surface area (Å²) in [6, 6.07) is 9.74. The molecular formula is C14H13N5O3S.